The van der Waals surface area contributed by atoms with Gasteiger partial charge in [0.2, 0.25) is 0 Å². The van der Waals surface area contributed by atoms with E-state index in [1.54, 1.807) is 0 Å². The van der Waals surface area contributed by atoms with Crippen LogP contribution >= 0.6 is 0 Å². The number of hydrogen-bond donors (Lipinski definition) is 0. The average molecular weight is 258 g/mol. The Morgan fingerprint density at radius 2 is 1.94 bits per heavy atom. The van der Waals surface area contributed by atoms with Crippen LogP contribution in [0.25, 0.3) is 0 Å². The van der Waals surface area contributed by atoms with Gasteiger partial charge >= 0.3 is 0 Å². The minimum absolute atomic E-state index is 0.400. The van der Waals surface area contributed by atoms with E-state index >= 15 is 0 Å². The Morgan fingerprint density at radius 3 is 2.35 bits per heavy atom. The van der Waals surface area contributed by atoms with Crippen molar-refractivity contribution >= 4 is 8.07 Å². The smallest absolute Gasteiger partial charge is 0.0616 e. The molecule has 2 atom stereocenters. The highest BCUT2D eigenvalue weighted by Gasteiger charge is 2.46. The Balaban J connectivity index is 2.83. The summed E-state index contributed by atoms with van der Waals surface area (Å²) in [6, 6.07) is 0. The molecule has 3 heteroatoms. The van der Waals surface area contributed by atoms with Crippen molar-refractivity contribution in [2.75, 3.05) is 20.3 Å². The monoisotopic (exact) mass is 258 g/mol. The molecule has 1 fully saturated rings. The third kappa shape index (κ3) is 3.55. The molecule has 102 valence electrons. The highest BCUT2D eigenvalue weighted by Crippen LogP contribution is 2.46. The summed E-state index contributed by atoms with van der Waals surface area (Å²) in [6.07, 6.45) is 4.21. The standard InChI is InChI=1S/C14H30O2Si/c1-14(2,3)17(5,6)13(11-15-4)12-9-7-8-10-16-12/h12-13H,7-11H2,1-6H3. The second-order valence-electron chi connectivity index (χ2n) is 6.94. The van der Waals surface area contributed by atoms with Gasteiger partial charge in [-0.3, -0.25) is 0 Å². The molecule has 1 aliphatic heterocycles. The summed E-state index contributed by atoms with van der Waals surface area (Å²) in [5, 5.41) is 0.400. The fourth-order valence-corrected chi connectivity index (χ4v) is 5.49. The van der Waals surface area contributed by atoms with Gasteiger partial charge in [-0.1, -0.05) is 33.9 Å². The highest BCUT2D eigenvalue weighted by molar-refractivity contribution is 6.81. The number of ether oxygens (including phenoxy) is 2. The maximum atomic E-state index is 6.03. The minimum Gasteiger partial charge on any atom is -0.385 e. The van der Waals surface area contributed by atoms with Gasteiger partial charge in [0.05, 0.1) is 14.2 Å². The molecule has 2 nitrogen and oxygen atoms in total. The lowest BCUT2D eigenvalue weighted by Crippen LogP contribution is -2.49. The van der Waals surface area contributed by atoms with Crippen LogP contribution in [-0.4, -0.2) is 34.5 Å². The molecule has 17 heavy (non-hydrogen) atoms. The summed E-state index contributed by atoms with van der Waals surface area (Å²) in [4.78, 5) is 0. The van der Waals surface area contributed by atoms with Gasteiger partial charge in [-0.15, -0.1) is 0 Å². The maximum Gasteiger partial charge on any atom is 0.0616 e. The van der Waals surface area contributed by atoms with Crippen LogP contribution < -0.4 is 0 Å². The van der Waals surface area contributed by atoms with E-state index in [0.29, 0.717) is 16.7 Å². The third-order valence-corrected chi connectivity index (χ3v) is 11.1. The van der Waals surface area contributed by atoms with Gasteiger partial charge in [-0.05, 0) is 24.3 Å². The van der Waals surface area contributed by atoms with Gasteiger partial charge in [0.25, 0.3) is 0 Å². The molecular formula is C14H30O2Si. The molecule has 0 amide bonds. The predicted molar refractivity (Wildman–Crippen MR) is 76.4 cm³/mol. The van der Waals surface area contributed by atoms with Crippen LogP contribution in [0.5, 0.6) is 0 Å². The van der Waals surface area contributed by atoms with Gasteiger partial charge in [0.1, 0.15) is 0 Å². The average Bonchev–Trinajstić information content (AvgIpc) is 2.25. The van der Waals surface area contributed by atoms with E-state index in [9.17, 15) is 0 Å². The molecule has 0 aromatic heterocycles. The van der Waals surface area contributed by atoms with E-state index in [1.807, 2.05) is 7.11 Å². The van der Waals surface area contributed by atoms with Crippen molar-refractivity contribution in [2.24, 2.45) is 0 Å². The second-order valence-corrected chi connectivity index (χ2v) is 12.6. The van der Waals surface area contributed by atoms with Crippen molar-refractivity contribution < 1.29 is 9.47 Å². The van der Waals surface area contributed by atoms with E-state index in [4.69, 9.17) is 9.47 Å². The quantitative estimate of drug-likeness (QED) is 0.707. The molecule has 0 bridgehead atoms. The van der Waals surface area contributed by atoms with Crippen LogP contribution in [0.2, 0.25) is 23.7 Å². The number of rotatable bonds is 4. The van der Waals surface area contributed by atoms with Crippen LogP contribution in [0.4, 0.5) is 0 Å². The predicted octanol–water partition coefficient (Wildman–Crippen LogP) is 4.08. The fourth-order valence-electron chi connectivity index (χ4n) is 2.60. The fraction of sp³-hybridized carbons (Fsp3) is 1.00. The Labute approximate surface area is 108 Å². The van der Waals surface area contributed by atoms with E-state index in [1.165, 1.54) is 19.3 Å². The van der Waals surface area contributed by atoms with Crippen molar-refractivity contribution in [2.45, 2.75) is 69.8 Å². The summed E-state index contributed by atoms with van der Waals surface area (Å²) in [5.74, 6) is 0. The minimum atomic E-state index is -1.39. The topological polar surface area (TPSA) is 18.5 Å². The Hall–Kier alpha value is 0.137. The van der Waals surface area contributed by atoms with Crippen molar-refractivity contribution in [3.63, 3.8) is 0 Å². The maximum absolute atomic E-state index is 6.03. The Bertz CT molecular complexity index is 227. The van der Waals surface area contributed by atoms with Crippen molar-refractivity contribution in [1.29, 1.82) is 0 Å². The van der Waals surface area contributed by atoms with Gasteiger partial charge in [0.15, 0.2) is 0 Å². The Kier molecular flexibility index (Phi) is 5.23. The SMILES string of the molecule is COCC(C1CCCCO1)[Si](C)(C)C(C)(C)C. The molecule has 0 N–H and O–H groups in total. The third-order valence-electron chi connectivity index (χ3n) is 4.87. The molecule has 1 saturated heterocycles. The van der Waals surface area contributed by atoms with Gasteiger partial charge in [0, 0.05) is 25.9 Å². The molecule has 0 saturated carbocycles. The molecule has 0 radical (unpaired) electrons. The van der Waals surface area contributed by atoms with Crippen LogP contribution in [0.3, 0.4) is 0 Å². The van der Waals surface area contributed by atoms with Crippen LogP contribution in [-0.2, 0) is 9.47 Å². The molecule has 0 aromatic carbocycles. The summed E-state index contributed by atoms with van der Waals surface area (Å²) in [6.45, 7) is 13.9. The van der Waals surface area contributed by atoms with Crippen molar-refractivity contribution in [1.82, 2.24) is 0 Å². The first-order valence-electron chi connectivity index (χ1n) is 6.91. The van der Waals surface area contributed by atoms with Crippen LogP contribution in [0.15, 0.2) is 0 Å². The number of methoxy groups -OCH3 is 1. The molecule has 1 aliphatic rings. The van der Waals surface area contributed by atoms with E-state index in [0.717, 1.165) is 13.2 Å². The first-order chi connectivity index (χ1) is 7.80. The summed E-state index contributed by atoms with van der Waals surface area (Å²) >= 11 is 0. The second kappa shape index (κ2) is 5.85. The molecule has 1 heterocycles. The first kappa shape index (κ1) is 15.2. The van der Waals surface area contributed by atoms with Gasteiger partial charge < -0.3 is 9.47 Å². The largest absolute Gasteiger partial charge is 0.385 e. The summed E-state index contributed by atoms with van der Waals surface area (Å²) in [5.41, 5.74) is 0.618. The Morgan fingerprint density at radius 1 is 1.29 bits per heavy atom. The van der Waals surface area contributed by atoms with Crippen molar-refractivity contribution in [3.05, 3.63) is 0 Å². The van der Waals surface area contributed by atoms with E-state index in [-0.39, 0.29) is 0 Å². The molecule has 0 aromatic rings. The molecule has 0 aliphatic carbocycles. The number of hydrogen-bond acceptors (Lipinski definition) is 2. The zero-order chi connectivity index (χ0) is 13.1. The molecule has 0 spiro atoms. The lowest BCUT2D eigenvalue weighted by molar-refractivity contribution is -0.00446. The summed E-state index contributed by atoms with van der Waals surface area (Å²) in [7, 11) is 0.430. The van der Waals surface area contributed by atoms with Crippen LogP contribution in [0, 0.1) is 0 Å². The zero-order valence-electron chi connectivity index (χ0n) is 12.5. The summed E-state index contributed by atoms with van der Waals surface area (Å²) < 4.78 is 11.5. The lowest BCUT2D eigenvalue weighted by atomic mass is 10.1. The van der Waals surface area contributed by atoms with E-state index < -0.39 is 8.07 Å². The van der Waals surface area contributed by atoms with E-state index in [2.05, 4.69) is 33.9 Å². The molecule has 2 unspecified atom stereocenters. The van der Waals surface area contributed by atoms with Crippen molar-refractivity contribution in [3.8, 4) is 0 Å². The van der Waals surface area contributed by atoms with Crippen LogP contribution in [0.1, 0.15) is 40.0 Å². The lowest BCUT2D eigenvalue weighted by Gasteiger charge is -2.46. The van der Waals surface area contributed by atoms with Gasteiger partial charge in [-0.25, -0.2) is 0 Å². The normalized spacial score (nSPS) is 24.7. The molecule has 1 rings (SSSR count). The van der Waals surface area contributed by atoms with Gasteiger partial charge in [-0.2, -0.15) is 0 Å². The molecular weight excluding hydrogens is 228 g/mol. The first-order valence-corrected chi connectivity index (χ1v) is 9.99. The highest BCUT2D eigenvalue weighted by atomic mass is 28.3. The zero-order valence-corrected chi connectivity index (χ0v) is 13.5.